The van der Waals surface area contributed by atoms with Gasteiger partial charge in [-0.15, -0.1) is 0 Å². The predicted molar refractivity (Wildman–Crippen MR) is 85.1 cm³/mol. The summed E-state index contributed by atoms with van der Waals surface area (Å²) in [5.74, 6) is 6.68. The molecule has 21 heavy (non-hydrogen) atoms. The van der Waals surface area contributed by atoms with E-state index in [0.717, 1.165) is 18.8 Å². The van der Waals surface area contributed by atoms with Crippen LogP contribution in [-0.2, 0) is 0 Å². The fraction of sp³-hybridized carbons (Fsp3) is 0.643. The molecule has 0 aromatic carbocycles. The minimum atomic E-state index is -0.446. The van der Waals surface area contributed by atoms with E-state index >= 15 is 0 Å². The van der Waals surface area contributed by atoms with Gasteiger partial charge in [-0.3, -0.25) is 10.1 Å². The van der Waals surface area contributed by atoms with Gasteiger partial charge >= 0.3 is 5.69 Å². The Hall–Kier alpha value is -1.89. The molecule has 0 radical (unpaired) electrons. The van der Waals surface area contributed by atoms with Crippen molar-refractivity contribution in [1.29, 1.82) is 0 Å². The van der Waals surface area contributed by atoms with Gasteiger partial charge in [-0.1, -0.05) is 39.5 Å². The first-order valence-corrected chi connectivity index (χ1v) is 7.40. The van der Waals surface area contributed by atoms with Gasteiger partial charge in [-0.2, -0.15) is 0 Å². The van der Waals surface area contributed by atoms with Gasteiger partial charge in [0.05, 0.1) is 4.92 Å². The minimum Gasteiger partial charge on any atom is -0.364 e. The van der Waals surface area contributed by atoms with Crippen LogP contribution in [0, 0.1) is 16.0 Å². The molecule has 7 heteroatoms. The van der Waals surface area contributed by atoms with Crippen molar-refractivity contribution in [2.24, 2.45) is 11.8 Å². The molecule has 0 atom stereocenters. The number of unbranched alkanes of at least 4 members (excludes halogenated alkanes) is 3. The lowest BCUT2D eigenvalue weighted by molar-refractivity contribution is -0.384. The largest absolute Gasteiger partial charge is 0.364 e. The highest BCUT2D eigenvalue weighted by atomic mass is 16.6. The number of nitrogens with one attached hydrogen (secondary N) is 2. The smallest absolute Gasteiger partial charge is 0.311 e. The number of hydrogen-bond acceptors (Lipinski definition) is 6. The highest BCUT2D eigenvalue weighted by Gasteiger charge is 2.15. The van der Waals surface area contributed by atoms with E-state index in [1.807, 2.05) is 0 Å². The number of aromatic nitrogens is 1. The second kappa shape index (κ2) is 9.12. The molecule has 1 aromatic rings. The van der Waals surface area contributed by atoms with Gasteiger partial charge in [-0.05, 0) is 18.4 Å². The highest BCUT2D eigenvalue weighted by Crippen LogP contribution is 2.23. The van der Waals surface area contributed by atoms with Crippen molar-refractivity contribution in [3.05, 3.63) is 22.2 Å². The molecule has 4 N–H and O–H groups in total. The topological polar surface area (TPSA) is 106 Å². The molecule has 1 aromatic heterocycles. The maximum Gasteiger partial charge on any atom is 0.311 e. The number of nitrogens with two attached hydrogens (primary N) is 1. The zero-order valence-corrected chi connectivity index (χ0v) is 12.8. The van der Waals surface area contributed by atoms with Crippen molar-refractivity contribution in [1.82, 2.24) is 4.98 Å². The van der Waals surface area contributed by atoms with Crippen LogP contribution in [0.25, 0.3) is 0 Å². The Balaban J connectivity index is 2.38. The molecule has 0 saturated carbocycles. The van der Waals surface area contributed by atoms with Crippen LogP contribution in [0.3, 0.4) is 0 Å². The molecule has 0 unspecified atom stereocenters. The third-order valence-corrected chi connectivity index (χ3v) is 3.22. The maximum absolute atomic E-state index is 10.9. The quantitative estimate of drug-likeness (QED) is 0.265. The van der Waals surface area contributed by atoms with Crippen molar-refractivity contribution in [3.8, 4) is 0 Å². The number of nitrogen functional groups attached to an aromatic ring is 1. The number of anilines is 2. The number of hydrazine groups is 1. The highest BCUT2D eigenvalue weighted by molar-refractivity contribution is 5.59. The van der Waals surface area contributed by atoms with Crippen LogP contribution in [0.2, 0.25) is 0 Å². The third kappa shape index (κ3) is 6.40. The van der Waals surface area contributed by atoms with Gasteiger partial charge in [0.15, 0.2) is 0 Å². The number of nitrogens with zero attached hydrogens (tertiary/aromatic N) is 2. The molecular formula is C14H25N5O2. The number of hydrogen-bond donors (Lipinski definition) is 3. The van der Waals surface area contributed by atoms with Crippen molar-refractivity contribution in [2.75, 3.05) is 17.3 Å². The van der Waals surface area contributed by atoms with Crippen molar-refractivity contribution < 1.29 is 4.92 Å². The summed E-state index contributed by atoms with van der Waals surface area (Å²) in [7, 11) is 0. The van der Waals surface area contributed by atoms with Crippen molar-refractivity contribution >= 4 is 17.3 Å². The Bertz CT molecular complexity index is 451. The molecular weight excluding hydrogens is 270 g/mol. The van der Waals surface area contributed by atoms with Crippen LogP contribution < -0.4 is 16.6 Å². The monoisotopic (exact) mass is 295 g/mol. The van der Waals surface area contributed by atoms with Crippen molar-refractivity contribution in [3.63, 3.8) is 0 Å². The van der Waals surface area contributed by atoms with E-state index in [0.29, 0.717) is 12.4 Å². The first-order chi connectivity index (χ1) is 10.0. The first-order valence-electron chi connectivity index (χ1n) is 7.40. The molecule has 1 heterocycles. The van der Waals surface area contributed by atoms with Gasteiger partial charge in [-0.25, -0.2) is 10.8 Å². The molecule has 7 nitrogen and oxygen atoms in total. The van der Waals surface area contributed by atoms with Gasteiger partial charge in [0.2, 0.25) is 5.82 Å². The maximum atomic E-state index is 10.9. The molecule has 0 aliphatic carbocycles. The molecule has 0 amide bonds. The summed E-state index contributed by atoms with van der Waals surface area (Å²) in [6, 6.07) is 2.88. The van der Waals surface area contributed by atoms with Crippen LogP contribution in [0.5, 0.6) is 0 Å². The molecule has 1 rings (SSSR count). The van der Waals surface area contributed by atoms with E-state index in [1.165, 1.54) is 31.4 Å². The Kier molecular flexibility index (Phi) is 7.45. The summed E-state index contributed by atoms with van der Waals surface area (Å²) in [6.07, 6.45) is 5.77. The van der Waals surface area contributed by atoms with E-state index in [9.17, 15) is 10.1 Å². The van der Waals surface area contributed by atoms with E-state index in [4.69, 9.17) is 5.84 Å². The summed E-state index contributed by atoms with van der Waals surface area (Å²) in [4.78, 5) is 14.6. The lowest BCUT2D eigenvalue weighted by Gasteiger charge is -2.08. The summed E-state index contributed by atoms with van der Waals surface area (Å²) < 4.78 is 0. The molecule has 0 aliphatic rings. The van der Waals surface area contributed by atoms with E-state index in [2.05, 4.69) is 29.6 Å². The molecule has 0 aliphatic heterocycles. The van der Waals surface area contributed by atoms with Gasteiger partial charge in [0, 0.05) is 12.6 Å². The first kappa shape index (κ1) is 17.2. The molecule has 0 spiro atoms. The Morgan fingerprint density at radius 1 is 1.29 bits per heavy atom. The van der Waals surface area contributed by atoms with E-state index in [1.54, 1.807) is 0 Å². The summed E-state index contributed by atoms with van der Waals surface area (Å²) in [5, 5.41) is 14.0. The fourth-order valence-corrected chi connectivity index (χ4v) is 2.05. The third-order valence-electron chi connectivity index (χ3n) is 3.22. The van der Waals surface area contributed by atoms with Gasteiger partial charge in [0.25, 0.3) is 0 Å². The zero-order valence-electron chi connectivity index (χ0n) is 12.8. The normalized spacial score (nSPS) is 10.7. The van der Waals surface area contributed by atoms with E-state index < -0.39 is 4.92 Å². The van der Waals surface area contributed by atoms with Gasteiger partial charge in [0.1, 0.15) is 5.82 Å². The summed E-state index contributed by atoms with van der Waals surface area (Å²) >= 11 is 0. The van der Waals surface area contributed by atoms with Gasteiger partial charge < -0.3 is 10.7 Å². The van der Waals surface area contributed by atoms with Crippen LogP contribution >= 0.6 is 0 Å². The zero-order chi connectivity index (χ0) is 15.7. The lowest BCUT2D eigenvalue weighted by Crippen LogP contribution is -2.12. The second-order valence-corrected chi connectivity index (χ2v) is 5.49. The average molecular weight is 295 g/mol. The minimum absolute atomic E-state index is 0.0335. The van der Waals surface area contributed by atoms with Crippen LogP contribution in [0.4, 0.5) is 17.3 Å². The number of pyridine rings is 1. The molecule has 0 bridgehead atoms. The van der Waals surface area contributed by atoms with Crippen LogP contribution in [0.15, 0.2) is 12.1 Å². The van der Waals surface area contributed by atoms with Crippen LogP contribution in [0.1, 0.15) is 46.0 Å². The van der Waals surface area contributed by atoms with Crippen molar-refractivity contribution in [2.45, 2.75) is 46.0 Å². The standard InChI is InChI=1S/C14H25N5O2/c1-11(2)7-5-3-4-6-10-16-14-12(19(20)21)8-9-13(17-14)18-15/h8-9,11H,3-7,10,15H2,1-2H3,(H2,16,17,18). The average Bonchev–Trinajstić information content (AvgIpc) is 2.45. The van der Waals surface area contributed by atoms with Crippen LogP contribution in [-0.4, -0.2) is 16.5 Å². The predicted octanol–water partition coefficient (Wildman–Crippen LogP) is 3.29. The SMILES string of the molecule is CC(C)CCCCCCNc1nc(NN)ccc1[N+](=O)[O-]. The number of nitro groups is 1. The van der Waals surface area contributed by atoms with E-state index in [-0.39, 0.29) is 11.5 Å². The number of rotatable bonds is 10. The second-order valence-electron chi connectivity index (χ2n) is 5.49. The molecule has 118 valence electrons. The Labute approximate surface area is 125 Å². The Morgan fingerprint density at radius 3 is 2.62 bits per heavy atom. The summed E-state index contributed by atoms with van der Waals surface area (Å²) in [5.41, 5.74) is 2.36. The summed E-state index contributed by atoms with van der Waals surface area (Å²) in [6.45, 7) is 5.12. The molecule has 0 saturated heterocycles. The lowest BCUT2D eigenvalue weighted by atomic mass is 10.0. The Morgan fingerprint density at radius 2 is 2.00 bits per heavy atom. The molecule has 0 fully saturated rings. The fourth-order valence-electron chi connectivity index (χ4n) is 2.05.